The van der Waals surface area contributed by atoms with E-state index < -0.39 is 5.91 Å². The first kappa shape index (κ1) is 19.6. The third-order valence-electron chi connectivity index (χ3n) is 5.02. The number of aryl methyl sites for hydroxylation is 1. The Balaban J connectivity index is 1.20. The van der Waals surface area contributed by atoms with E-state index in [1.54, 1.807) is 16.9 Å². The molecule has 2 N–H and O–H groups in total. The molecule has 0 aliphatic carbocycles. The van der Waals surface area contributed by atoms with Crippen molar-refractivity contribution in [1.82, 2.24) is 30.7 Å². The Labute approximate surface area is 173 Å². The van der Waals surface area contributed by atoms with Gasteiger partial charge >= 0.3 is 0 Å². The summed E-state index contributed by atoms with van der Waals surface area (Å²) in [7, 11) is 0. The molecule has 30 heavy (non-hydrogen) atoms. The first-order valence-corrected chi connectivity index (χ1v) is 9.79. The van der Waals surface area contributed by atoms with Crippen LogP contribution in [0.5, 0.6) is 5.75 Å². The van der Waals surface area contributed by atoms with Gasteiger partial charge in [0, 0.05) is 19.0 Å². The predicted molar refractivity (Wildman–Crippen MR) is 109 cm³/mol. The summed E-state index contributed by atoms with van der Waals surface area (Å²) in [4.78, 5) is 26.4. The average molecular weight is 409 g/mol. The maximum atomic E-state index is 12.4. The second-order valence-corrected chi connectivity index (χ2v) is 7.23. The lowest BCUT2D eigenvalue weighted by molar-refractivity contribution is -0.132. The number of ether oxygens (including phenoxy) is 1. The molecular formula is C20H23N7O3. The Morgan fingerprint density at radius 1 is 1.17 bits per heavy atom. The maximum absolute atomic E-state index is 12.4. The molecule has 0 unspecified atom stereocenters. The third kappa shape index (κ3) is 4.65. The second kappa shape index (κ2) is 8.76. The Hall–Kier alpha value is -3.69. The van der Waals surface area contributed by atoms with E-state index in [9.17, 15) is 9.59 Å². The number of benzene rings is 1. The van der Waals surface area contributed by atoms with Crippen LogP contribution in [0.25, 0.3) is 5.65 Å². The Morgan fingerprint density at radius 2 is 2.00 bits per heavy atom. The number of aromatic nitrogens is 4. The van der Waals surface area contributed by atoms with Crippen LogP contribution < -0.4 is 20.5 Å². The van der Waals surface area contributed by atoms with Gasteiger partial charge in [-0.25, -0.2) is 0 Å². The standard InChI is InChI=1S/C20H23N7O3/c1-14-3-2-4-16(11-14)30-12-19(28)23-24-20(29)15-7-9-26(10-8-15)18-6-5-17-22-21-13-27(17)25-18/h2-6,11,13,15H,7-10,12H2,1H3,(H,23,28)(H,24,29). The number of rotatable bonds is 5. The number of nitrogens with zero attached hydrogens (tertiary/aromatic N) is 5. The lowest BCUT2D eigenvalue weighted by atomic mass is 9.96. The van der Waals surface area contributed by atoms with E-state index in [1.165, 1.54) is 0 Å². The van der Waals surface area contributed by atoms with Crippen LogP contribution in [0.3, 0.4) is 0 Å². The summed E-state index contributed by atoms with van der Waals surface area (Å²) < 4.78 is 7.05. The molecule has 3 aromatic rings. The highest BCUT2D eigenvalue weighted by Gasteiger charge is 2.26. The molecule has 1 aromatic carbocycles. The van der Waals surface area contributed by atoms with Crippen LogP contribution in [-0.2, 0) is 9.59 Å². The van der Waals surface area contributed by atoms with Crippen LogP contribution in [0.2, 0.25) is 0 Å². The first-order valence-electron chi connectivity index (χ1n) is 9.79. The number of hydrazine groups is 1. The summed E-state index contributed by atoms with van der Waals surface area (Å²) in [6.07, 6.45) is 2.90. The molecule has 0 atom stereocenters. The number of amides is 2. The lowest BCUT2D eigenvalue weighted by Crippen LogP contribution is -2.48. The molecule has 1 saturated heterocycles. The number of hydrogen-bond donors (Lipinski definition) is 2. The van der Waals surface area contributed by atoms with Gasteiger partial charge in [0.1, 0.15) is 17.9 Å². The normalized spacial score (nSPS) is 14.5. The number of fused-ring (bicyclic) bond motifs is 1. The van der Waals surface area contributed by atoms with E-state index in [0.29, 0.717) is 37.3 Å². The molecule has 2 amide bonds. The van der Waals surface area contributed by atoms with Crippen molar-refractivity contribution in [2.24, 2.45) is 5.92 Å². The van der Waals surface area contributed by atoms with Crippen LogP contribution in [0, 0.1) is 12.8 Å². The monoisotopic (exact) mass is 409 g/mol. The van der Waals surface area contributed by atoms with E-state index >= 15 is 0 Å². The smallest absolute Gasteiger partial charge is 0.276 e. The molecule has 0 saturated carbocycles. The van der Waals surface area contributed by atoms with Crippen LogP contribution in [0.1, 0.15) is 18.4 Å². The van der Waals surface area contributed by atoms with Crippen molar-refractivity contribution in [3.05, 3.63) is 48.3 Å². The summed E-state index contributed by atoms with van der Waals surface area (Å²) in [6, 6.07) is 11.2. The molecule has 10 nitrogen and oxygen atoms in total. The zero-order valence-corrected chi connectivity index (χ0v) is 16.6. The number of carbonyl (C=O) groups is 2. The summed E-state index contributed by atoms with van der Waals surface area (Å²) >= 11 is 0. The molecule has 2 aromatic heterocycles. The molecule has 1 aliphatic heterocycles. The van der Waals surface area contributed by atoms with Gasteiger partial charge in [-0.05, 0) is 49.6 Å². The van der Waals surface area contributed by atoms with Gasteiger partial charge in [0.2, 0.25) is 5.91 Å². The topological polar surface area (TPSA) is 114 Å². The van der Waals surface area contributed by atoms with Crippen molar-refractivity contribution < 1.29 is 14.3 Å². The minimum absolute atomic E-state index is 0.167. The van der Waals surface area contributed by atoms with Crippen molar-refractivity contribution in [3.8, 4) is 5.75 Å². The number of piperidine rings is 1. The minimum atomic E-state index is -0.409. The van der Waals surface area contributed by atoms with Gasteiger partial charge in [-0.15, -0.1) is 15.3 Å². The van der Waals surface area contributed by atoms with E-state index in [4.69, 9.17) is 4.74 Å². The van der Waals surface area contributed by atoms with Crippen LogP contribution in [-0.4, -0.2) is 51.3 Å². The highest BCUT2D eigenvalue weighted by molar-refractivity contribution is 5.84. The zero-order valence-electron chi connectivity index (χ0n) is 16.6. The van der Waals surface area contributed by atoms with E-state index in [1.807, 2.05) is 37.3 Å². The van der Waals surface area contributed by atoms with Crippen molar-refractivity contribution in [1.29, 1.82) is 0 Å². The molecule has 1 aliphatic rings. The number of nitrogens with one attached hydrogen (secondary N) is 2. The van der Waals surface area contributed by atoms with Gasteiger partial charge in [0.25, 0.3) is 5.91 Å². The van der Waals surface area contributed by atoms with Gasteiger partial charge in [0.15, 0.2) is 12.3 Å². The van der Waals surface area contributed by atoms with E-state index in [2.05, 4.69) is 31.0 Å². The van der Waals surface area contributed by atoms with Crippen LogP contribution in [0.15, 0.2) is 42.7 Å². The molecule has 1 fully saturated rings. The van der Waals surface area contributed by atoms with Crippen molar-refractivity contribution >= 4 is 23.3 Å². The number of anilines is 1. The van der Waals surface area contributed by atoms with Crippen molar-refractivity contribution in [2.45, 2.75) is 19.8 Å². The Kier molecular flexibility index (Phi) is 5.73. The molecule has 156 valence electrons. The average Bonchev–Trinajstić information content (AvgIpc) is 3.24. The quantitative estimate of drug-likeness (QED) is 0.601. The highest BCUT2D eigenvalue weighted by atomic mass is 16.5. The fourth-order valence-electron chi connectivity index (χ4n) is 3.38. The van der Waals surface area contributed by atoms with Crippen LogP contribution in [0.4, 0.5) is 5.82 Å². The van der Waals surface area contributed by atoms with Gasteiger partial charge in [-0.1, -0.05) is 12.1 Å². The van der Waals surface area contributed by atoms with Crippen LogP contribution >= 0.6 is 0 Å². The third-order valence-corrected chi connectivity index (χ3v) is 5.02. The van der Waals surface area contributed by atoms with E-state index in [0.717, 1.165) is 11.4 Å². The van der Waals surface area contributed by atoms with Crippen molar-refractivity contribution in [3.63, 3.8) is 0 Å². The summed E-state index contributed by atoms with van der Waals surface area (Å²) in [5.41, 5.74) is 6.66. The summed E-state index contributed by atoms with van der Waals surface area (Å²) in [5.74, 6) is 0.664. The lowest BCUT2D eigenvalue weighted by Gasteiger charge is -2.31. The first-order chi connectivity index (χ1) is 14.6. The molecule has 0 spiro atoms. The number of carbonyl (C=O) groups excluding carboxylic acids is 2. The summed E-state index contributed by atoms with van der Waals surface area (Å²) in [6.45, 7) is 3.17. The van der Waals surface area contributed by atoms with E-state index in [-0.39, 0.29) is 18.4 Å². The molecule has 0 radical (unpaired) electrons. The Bertz CT molecular complexity index is 1040. The van der Waals surface area contributed by atoms with Gasteiger partial charge in [-0.3, -0.25) is 20.4 Å². The predicted octanol–water partition coefficient (Wildman–Crippen LogP) is 0.876. The second-order valence-electron chi connectivity index (χ2n) is 7.23. The highest BCUT2D eigenvalue weighted by Crippen LogP contribution is 2.22. The number of hydrogen-bond acceptors (Lipinski definition) is 7. The molecule has 10 heteroatoms. The van der Waals surface area contributed by atoms with Gasteiger partial charge in [-0.2, -0.15) is 4.52 Å². The maximum Gasteiger partial charge on any atom is 0.276 e. The van der Waals surface area contributed by atoms with Gasteiger partial charge < -0.3 is 9.64 Å². The van der Waals surface area contributed by atoms with Crippen molar-refractivity contribution in [2.75, 3.05) is 24.6 Å². The molecule has 4 rings (SSSR count). The molecule has 0 bridgehead atoms. The summed E-state index contributed by atoms with van der Waals surface area (Å²) in [5, 5.41) is 12.3. The molecular weight excluding hydrogens is 386 g/mol. The SMILES string of the molecule is Cc1cccc(OCC(=O)NNC(=O)C2CCN(c3ccc4nncn4n3)CC2)c1. The Morgan fingerprint density at radius 3 is 2.80 bits per heavy atom. The zero-order chi connectivity index (χ0) is 20.9. The fraction of sp³-hybridized carbons (Fsp3) is 0.350. The van der Waals surface area contributed by atoms with Gasteiger partial charge in [0.05, 0.1) is 0 Å². The largest absolute Gasteiger partial charge is 0.484 e. The fourth-order valence-corrected chi connectivity index (χ4v) is 3.38. The molecule has 3 heterocycles. The minimum Gasteiger partial charge on any atom is -0.484 e.